The van der Waals surface area contributed by atoms with E-state index in [-0.39, 0.29) is 11.4 Å². The van der Waals surface area contributed by atoms with Crippen LogP contribution in [0.25, 0.3) is 0 Å². The molecule has 0 atom stereocenters. The minimum atomic E-state index is -0.504. The molecule has 1 aromatic heterocycles. The molecule has 2 aromatic carbocycles. The molecule has 0 aliphatic carbocycles. The summed E-state index contributed by atoms with van der Waals surface area (Å²) in [5.41, 5.74) is 3.31. The van der Waals surface area contributed by atoms with Crippen molar-refractivity contribution in [2.24, 2.45) is 0 Å². The molecule has 0 saturated carbocycles. The fraction of sp³-hybridized carbons (Fsp3) is 0.105. The summed E-state index contributed by atoms with van der Waals surface area (Å²) in [6.45, 7) is 3.99. The number of carbonyl (C=O) groups is 1. The fourth-order valence-electron chi connectivity index (χ4n) is 2.37. The number of aryl methyl sites for hydroxylation is 2. The van der Waals surface area contributed by atoms with Crippen molar-refractivity contribution in [1.82, 2.24) is 9.97 Å². The number of halogens is 1. The first-order valence-corrected chi connectivity index (χ1v) is 7.76. The third kappa shape index (κ3) is 3.98. The molecule has 0 saturated heterocycles. The largest absolute Gasteiger partial charge is 0.324 e. The second-order valence-electron chi connectivity index (χ2n) is 5.64. The van der Waals surface area contributed by atoms with Gasteiger partial charge >= 0.3 is 0 Å². The van der Waals surface area contributed by atoms with E-state index in [9.17, 15) is 9.18 Å². The predicted molar refractivity (Wildman–Crippen MR) is 95.6 cm³/mol. The van der Waals surface area contributed by atoms with Crippen LogP contribution in [0, 0.1) is 19.7 Å². The highest BCUT2D eigenvalue weighted by molar-refractivity contribution is 6.03. The van der Waals surface area contributed by atoms with Crippen molar-refractivity contribution in [2.45, 2.75) is 13.8 Å². The molecule has 25 heavy (non-hydrogen) atoms. The van der Waals surface area contributed by atoms with Gasteiger partial charge in [0, 0.05) is 11.9 Å². The summed E-state index contributed by atoms with van der Waals surface area (Å²) in [4.78, 5) is 20.6. The summed E-state index contributed by atoms with van der Waals surface area (Å²) in [5.74, 6) is -0.706. The first-order valence-electron chi connectivity index (χ1n) is 7.76. The lowest BCUT2D eigenvalue weighted by Gasteiger charge is -2.10. The van der Waals surface area contributed by atoms with Gasteiger partial charge in [-0.2, -0.15) is 0 Å². The Hall–Kier alpha value is -3.28. The molecule has 3 aromatic rings. The highest BCUT2D eigenvalue weighted by Crippen LogP contribution is 2.19. The molecule has 3 rings (SSSR count). The maximum atomic E-state index is 13.6. The first-order chi connectivity index (χ1) is 12.0. The predicted octanol–water partition coefficient (Wildman–Crippen LogP) is 4.23. The average molecular weight is 336 g/mol. The molecule has 0 spiro atoms. The molecule has 0 radical (unpaired) electrons. The highest BCUT2D eigenvalue weighted by Gasteiger charge is 2.12. The summed E-state index contributed by atoms with van der Waals surface area (Å²) < 4.78 is 13.6. The number of nitrogens with one attached hydrogen (secondary N) is 2. The smallest absolute Gasteiger partial charge is 0.274 e. The molecule has 0 aliphatic rings. The van der Waals surface area contributed by atoms with Crippen LogP contribution in [0.2, 0.25) is 0 Å². The number of carbonyl (C=O) groups excluding carboxylic acids is 1. The van der Waals surface area contributed by atoms with E-state index < -0.39 is 11.7 Å². The Morgan fingerprint density at radius 3 is 2.60 bits per heavy atom. The zero-order valence-corrected chi connectivity index (χ0v) is 13.9. The van der Waals surface area contributed by atoms with Gasteiger partial charge in [0.1, 0.15) is 11.5 Å². The summed E-state index contributed by atoms with van der Waals surface area (Å²) in [6.07, 6.45) is 1.48. The number of anilines is 3. The lowest BCUT2D eigenvalue weighted by molar-refractivity contribution is 0.102. The lowest BCUT2D eigenvalue weighted by atomic mass is 10.1. The van der Waals surface area contributed by atoms with Gasteiger partial charge in [0.05, 0.1) is 5.69 Å². The van der Waals surface area contributed by atoms with Crippen molar-refractivity contribution in [3.05, 3.63) is 77.4 Å². The number of hydrogen-bond acceptors (Lipinski definition) is 4. The maximum absolute atomic E-state index is 13.6. The minimum Gasteiger partial charge on any atom is -0.324 e. The Morgan fingerprint density at radius 2 is 1.84 bits per heavy atom. The molecule has 2 N–H and O–H groups in total. The van der Waals surface area contributed by atoms with Crippen LogP contribution in [0.15, 0.2) is 54.7 Å². The van der Waals surface area contributed by atoms with Crippen LogP contribution >= 0.6 is 0 Å². The van der Waals surface area contributed by atoms with Gasteiger partial charge in [0.25, 0.3) is 5.91 Å². The molecular weight excluding hydrogens is 319 g/mol. The number of para-hydroxylation sites is 1. The Labute approximate surface area is 145 Å². The number of benzene rings is 2. The summed E-state index contributed by atoms with van der Waals surface area (Å²) in [6, 6.07) is 13.4. The molecule has 126 valence electrons. The van der Waals surface area contributed by atoms with Crippen molar-refractivity contribution in [3.63, 3.8) is 0 Å². The number of amides is 1. The number of rotatable bonds is 4. The molecule has 0 aliphatic heterocycles. The molecule has 5 nitrogen and oxygen atoms in total. The Kier molecular flexibility index (Phi) is 4.70. The van der Waals surface area contributed by atoms with Gasteiger partial charge in [0.15, 0.2) is 0 Å². The van der Waals surface area contributed by atoms with Crippen molar-refractivity contribution in [3.8, 4) is 0 Å². The van der Waals surface area contributed by atoms with E-state index in [0.29, 0.717) is 5.95 Å². The van der Waals surface area contributed by atoms with Gasteiger partial charge in [-0.3, -0.25) is 4.79 Å². The van der Waals surface area contributed by atoms with Crippen LogP contribution in [0.3, 0.4) is 0 Å². The quantitative estimate of drug-likeness (QED) is 0.748. The minimum absolute atomic E-state index is 0.106. The topological polar surface area (TPSA) is 66.9 Å². The van der Waals surface area contributed by atoms with Crippen LogP contribution in [-0.2, 0) is 0 Å². The van der Waals surface area contributed by atoms with Crippen LogP contribution in [0.4, 0.5) is 21.7 Å². The Balaban J connectivity index is 1.79. The van der Waals surface area contributed by atoms with E-state index in [1.54, 1.807) is 12.1 Å². The third-order valence-corrected chi connectivity index (χ3v) is 3.64. The van der Waals surface area contributed by atoms with Gasteiger partial charge in [-0.1, -0.05) is 29.8 Å². The number of hydrogen-bond donors (Lipinski definition) is 2. The highest BCUT2D eigenvalue weighted by atomic mass is 19.1. The van der Waals surface area contributed by atoms with E-state index in [2.05, 4.69) is 20.6 Å². The molecule has 0 bridgehead atoms. The summed E-state index contributed by atoms with van der Waals surface area (Å²) in [5, 5.41) is 5.60. The van der Waals surface area contributed by atoms with E-state index in [1.165, 1.54) is 24.4 Å². The van der Waals surface area contributed by atoms with Crippen molar-refractivity contribution in [2.75, 3.05) is 10.6 Å². The second kappa shape index (κ2) is 7.09. The van der Waals surface area contributed by atoms with Gasteiger partial charge in [-0.15, -0.1) is 0 Å². The van der Waals surface area contributed by atoms with Gasteiger partial charge in [-0.05, 0) is 43.7 Å². The molecular formula is C19H17FN4O. The third-order valence-electron chi connectivity index (χ3n) is 3.64. The van der Waals surface area contributed by atoms with Gasteiger partial charge in [0.2, 0.25) is 5.95 Å². The van der Waals surface area contributed by atoms with Gasteiger partial charge in [-0.25, -0.2) is 14.4 Å². The SMILES string of the molecule is Cc1ccc(Nc2nccc(C(=O)Nc3ccccc3F)n2)c(C)c1. The molecule has 6 heteroatoms. The van der Waals surface area contributed by atoms with E-state index in [4.69, 9.17) is 0 Å². The monoisotopic (exact) mass is 336 g/mol. The van der Waals surface area contributed by atoms with Crippen LogP contribution in [0.1, 0.15) is 21.6 Å². The zero-order chi connectivity index (χ0) is 17.8. The fourth-order valence-corrected chi connectivity index (χ4v) is 2.37. The van der Waals surface area contributed by atoms with Crippen molar-refractivity contribution < 1.29 is 9.18 Å². The van der Waals surface area contributed by atoms with E-state index in [1.807, 2.05) is 32.0 Å². The molecule has 1 amide bonds. The van der Waals surface area contributed by atoms with E-state index >= 15 is 0 Å². The molecule has 0 fully saturated rings. The average Bonchev–Trinajstić information content (AvgIpc) is 2.60. The molecule has 0 unspecified atom stereocenters. The Morgan fingerprint density at radius 1 is 1.04 bits per heavy atom. The summed E-state index contributed by atoms with van der Waals surface area (Å²) in [7, 11) is 0. The van der Waals surface area contributed by atoms with Crippen LogP contribution < -0.4 is 10.6 Å². The second-order valence-corrected chi connectivity index (χ2v) is 5.64. The number of aromatic nitrogens is 2. The first kappa shape index (κ1) is 16.6. The standard InChI is InChI=1S/C19H17FN4O/c1-12-7-8-15(13(2)11-12)23-19-21-10-9-17(24-19)18(25)22-16-6-4-3-5-14(16)20/h3-11H,1-2H3,(H,22,25)(H,21,23,24). The zero-order valence-electron chi connectivity index (χ0n) is 13.9. The maximum Gasteiger partial charge on any atom is 0.274 e. The summed E-state index contributed by atoms with van der Waals surface area (Å²) >= 11 is 0. The van der Waals surface area contributed by atoms with Crippen molar-refractivity contribution in [1.29, 1.82) is 0 Å². The molecule has 1 heterocycles. The van der Waals surface area contributed by atoms with E-state index in [0.717, 1.165) is 16.8 Å². The van der Waals surface area contributed by atoms with Crippen LogP contribution in [0.5, 0.6) is 0 Å². The van der Waals surface area contributed by atoms with Crippen molar-refractivity contribution >= 4 is 23.2 Å². The Bertz CT molecular complexity index is 927. The lowest BCUT2D eigenvalue weighted by Crippen LogP contribution is -2.15. The van der Waals surface area contributed by atoms with Crippen LogP contribution in [-0.4, -0.2) is 15.9 Å². The normalized spacial score (nSPS) is 10.4. The van der Waals surface area contributed by atoms with Gasteiger partial charge < -0.3 is 10.6 Å². The number of nitrogens with zero attached hydrogens (tertiary/aromatic N) is 2.